The van der Waals surface area contributed by atoms with Gasteiger partial charge in [-0.2, -0.15) is 4.37 Å². The summed E-state index contributed by atoms with van der Waals surface area (Å²) in [5.74, 6) is 0.0247. The van der Waals surface area contributed by atoms with Gasteiger partial charge >= 0.3 is 0 Å². The number of carbonyl (C=O) groups excluding carboxylic acids is 1. The predicted octanol–water partition coefficient (Wildman–Crippen LogP) is 1.14. The van der Waals surface area contributed by atoms with Crippen molar-refractivity contribution in [3.63, 3.8) is 0 Å². The van der Waals surface area contributed by atoms with E-state index in [0.717, 1.165) is 29.0 Å². The highest BCUT2D eigenvalue weighted by Crippen LogP contribution is 2.21. The van der Waals surface area contributed by atoms with Gasteiger partial charge in [-0.05, 0) is 31.4 Å². The minimum atomic E-state index is -0.331. The number of hydrogen-bond acceptors (Lipinski definition) is 6. The summed E-state index contributed by atoms with van der Waals surface area (Å²) in [5, 5.41) is 10.4. The van der Waals surface area contributed by atoms with E-state index in [9.17, 15) is 9.90 Å². The quantitative estimate of drug-likeness (QED) is 0.918. The van der Waals surface area contributed by atoms with Crippen molar-refractivity contribution in [2.45, 2.75) is 20.0 Å². The smallest absolute Gasteiger partial charge is 0.255 e. The Balaban J connectivity index is 1.69. The summed E-state index contributed by atoms with van der Waals surface area (Å²) in [6, 6.07) is 1.89. The molecule has 6 nitrogen and oxygen atoms in total. The highest BCUT2D eigenvalue weighted by Gasteiger charge is 2.23. The lowest BCUT2D eigenvalue weighted by molar-refractivity contribution is 0.0554. The molecule has 1 amide bonds. The number of rotatable bonds is 3. The molecule has 0 saturated carbocycles. The third-order valence-corrected chi connectivity index (χ3v) is 4.80. The number of piperazine rings is 1. The van der Waals surface area contributed by atoms with Gasteiger partial charge in [0.1, 0.15) is 4.83 Å². The van der Waals surface area contributed by atoms with E-state index in [4.69, 9.17) is 0 Å². The van der Waals surface area contributed by atoms with E-state index in [1.54, 1.807) is 13.1 Å². The molecule has 2 aromatic heterocycles. The monoisotopic (exact) mass is 320 g/mol. The molecule has 7 heteroatoms. The van der Waals surface area contributed by atoms with Crippen LogP contribution in [0.1, 0.15) is 23.0 Å². The average molecular weight is 320 g/mol. The van der Waals surface area contributed by atoms with Gasteiger partial charge in [0.2, 0.25) is 0 Å². The van der Waals surface area contributed by atoms with Crippen molar-refractivity contribution in [3.05, 3.63) is 23.5 Å². The Morgan fingerprint density at radius 2 is 2.14 bits per heavy atom. The minimum Gasteiger partial charge on any atom is -0.392 e. The maximum absolute atomic E-state index is 12.6. The van der Waals surface area contributed by atoms with E-state index in [1.165, 1.54) is 11.5 Å². The van der Waals surface area contributed by atoms with Crippen molar-refractivity contribution in [2.24, 2.45) is 0 Å². The summed E-state index contributed by atoms with van der Waals surface area (Å²) >= 11 is 1.36. The molecule has 3 rings (SSSR count). The fourth-order valence-electron chi connectivity index (χ4n) is 2.75. The Labute approximate surface area is 133 Å². The normalized spacial score (nSPS) is 17.9. The summed E-state index contributed by atoms with van der Waals surface area (Å²) < 4.78 is 4.27. The Bertz CT molecular complexity index is 677. The molecule has 1 fully saturated rings. The van der Waals surface area contributed by atoms with Crippen LogP contribution in [0, 0.1) is 6.92 Å². The molecule has 1 atom stereocenters. The zero-order chi connectivity index (χ0) is 15.7. The highest BCUT2D eigenvalue weighted by atomic mass is 32.1. The van der Waals surface area contributed by atoms with Crippen LogP contribution in [0.5, 0.6) is 0 Å². The molecule has 0 radical (unpaired) electrons. The molecule has 0 aromatic carbocycles. The molecule has 2 aromatic rings. The molecule has 1 N–H and O–H groups in total. The van der Waals surface area contributed by atoms with Crippen molar-refractivity contribution in [2.75, 3.05) is 32.7 Å². The maximum atomic E-state index is 12.6. The second-order valence-electron chi connectivity index (χ2n) is 5.79. The Kier molecular flexibility index (Phi) is 4.37. The number of nitrogens with zero attached hydrogens (tertiary/aromatic N) is 4. The summed E-state index contributed by atoms with van der Waals surface area (Å²) in [4.78, 5) is 21.9. The molecule has 0 unspecified atom stereocenters. The van der Waals surface area contributed by atoms with Crippen LogP contribution in [-0.4, -0.2) is 69.0 Å². The largest absolute Gasteiger partial charge is 0.392 e. The number of aliphatic hydroxyl groups excluding tert-OH is 1. The van der Waals surface area contributed by atoms with E-state index in [0.29, 0.717) is 25.2 Å². The lowest BCUT2D eigenvalue weighted by Crippen LogP contribution is -2.50. The first-order chi connectivity index (χ1) is 10.5. The lowest BCUT2D eigenvalue weighted by Gasteiger charge is -2.35. The second kappa shape index (κ2) is 6.28. The Hall–Kier alpha value is -1.57. The zero-order valence-electron chi connectivity index (χ0n) is 12.8. The number of carbonyl (C=O) groups is 1. The number of pyridine rings is 1. The van der Waals surface area contributed by atoms with Crippen molar-refractivity contribution < 1.29 is 9.90 Å². The third-order valence-electron chi connectivity index (χ3n) is 3.94. The van der Waals surface area contributed by atoms with Crippen LogP contribution in [-0.2, 0) is 0 Å². The van der Waals surface area contributed by atoms with Gasteiger partial charge in [0.05, 0.1) is 17.4 Å². The highest BCUT2D eigenvalue weighted by molar-refractivity contribution is 7.12. The van der Waals surface area contributed by atoms with E-state index in [-0.39, 0.29) is 12.0 Å². The number of aliphatic hydroxyl groups is 1. The molecule has 0 aliphatic carbocycles. The number of fused-ring (bicyclic) bond motifs is 1. The van der Waals surface area contributed by atoms with Gasteiger partial charge in [0.25, 0.3) is 5.91 Å². The molecule has 0 spiro atoms. The maximum Gasteiger partial charge on any atom is 0.255 e. The van der Waals surface area contributed by atoms with Crippen LogP contribution < -0.4 is 0 Å². The van der Waals surface area contributed by atoms with E-state index >= 15 is 0 Å². The van der Waals surface area contributed by atoms with E-state index < -0.39 is 0 Å². The van der Waals surface area contributed by atoms with Gasteiger partial charge in [0.15, 0.2) is 0 Å². The van der Waals surface area contributed by atoms with Crippen LogP contribution in [0.15, 0.2) is 12.3 Å². The Morgan fingerprint density at radius 3 is 2.82 bits per heavy atom. The predicted molar refractivity (Wildman–Crippen MR) is 86.2 cm³/mol. The van der Waals surface area contributed by atoms with Crippen molar-refractivity contribution in [1.82, 2.24) is 19.2 Å². The van der Waals surface area contributed by atoms with Crippen molar-refractivity contribution in [3.8, 4) is 0 Å². The van der Waals surface area contributed by atoms with Gasteiger partial charge in [-0.1, -0.05) is 0 Å². The zero-order valence-corrected chi connectivity index (χ0v) is 13.6. The second-order valence-corrected chi connectivity index (χ2v) is 6.54. The number of aromatic nitrogens is 2. The fourth-order valence-corrected chi connectivity index (χ4v) is 3.48. The van der Waals surface area contributed by atoms with Gasteiger partial charge in [-0.15, -0.1) is 0 Å². The molecule has 1 aliphatic rings. The van der Waals surface area contributed by atoms with Gasteiger partial charge in [-0.25, -0.2) is 4.98 Å². The van der Waals surface area contributed by atoms with Crippen LogP contribution in [0.4, 0.5) is 0 Å². The first kappa shape index (κ1) is 15.3. The van der Waals surface area contributed by atoms with Gasteiger partial charge in [-0.3, -0.25) is 9.69 Å². The molecule has 1 saturated heterocycles. The van der Waals surface area contributed by atoms with Crippen molar-refractivity contribution >= 4 is 27.7 Å². The summed E-state index contributed by atoms with van der Waals surface area (Å²) in [6.45, 7) is 7.35. The molecular formula is C15H20N4O2S. The van der Waals surface area contributed by atoms with E-state index in [1.807, 2.05) is 17.9 Å². The summed E-state index contributed by atoms with van der Waals surface area (Å²) in [6.07, 6.45) is 1.31. The van der Waals surface area contributed by atoms with Gasteiger partial charge < -0.3 is 10.0 Å². The summed E-state index contributed by atoms with van der Waals surface area (Å²) in [5.41, 5.74) is 1.55. The number of β-amino-alcohol motifs (C(OH)–C–C–N with tert-alkyl or cyclic N) is 1. The third kappa shape index (κ3) is 3.11. The summed E-state index contributed by atoms with van der Waals surface area (Å²) in [7, 11) is 0. The van der Waals surface area contributed by atoms with Crippen LogP contribution >= 0.6 is 11.5 Å². The molecule has 0 bridgehead atoms. The standard InChI is InChI=1S/C15H20N4O2S/c1-10(20)9-18-3-5-19(6-4-18)15(21)12-7-13-11(2)17-22-14(13)16-8-12/h7-8,10,20H,3-6,9H2,1-2H3/t10-/m1/s1. The number of hydrogen-bond donors (Lipinski definition) is 1. The first-order valence-corrected chi connectivity index (χ1v) is 8.23. The lowest BCUT2D eigenvalue weighted by atomic mass is 10.1. The van der Waals surface area contributed by atoms with Crippen LogP contribution in [0.3, 0.4) is 0 Å². The van der Waals surface area contributed by atoms with Crippen LogP contribution in [0.2, 0.25) is 0 Å². The van der Waals surface area contributed by atoms with Gasteiger partial charge in [0, 0.05) is 44.3 Å². The molecule has 118 valence electrons. The molecular weight excluding hydrogens is 300 g/mol. The van der Waals surface area contributed by atoms with E-state index in [2.05, 4.69) is 14.3 Å². The Morgan fingerprint density at radius 1 is 1.41 bits per heavy atom. The molecule has 22 heavy (non-hydrogen) atoms. The SMILES string of the molecule is Cc1nsc2ncc(C(=O)N3CCN(C[C@@H](C)O)CC3)cc12. The van der Waals surface area contributed by atoms with Crippen LogP contribution in [0.25, 0.3) is 10.2 Å². The first-order valence-electron chi connectivity index (χ1n) is 7.46. The van der Waals surface area contributed by atoms with Crippen molar-refractivity contribution in [1.29, 1.82) is 0 Å². The number of amides is 1. The fraction of sp³-hybridized carbons (Fsp3) is 0.533. The molecule has 1 aliphatic heterocycles. The minimum absolute atomic E-state index is 0.0247. The average Bonchev–Trinajstić information content (AvgIpc) is 2.88. The number of aryl methyl sites for hydroxylation is 1. The topological polar surface area (TPSA) is 69.6 Å². The molecule has 3 heterocycles.